The van der Waals surface area contributed by atoms with Crippen LogP contribution in [0.1, 0.15) is 21.7 Å². The van der Waals surface area contributed by atoms with Gasteiger partial charge in [0.05, 0.1) is 11.0 Å². The number of aromatic amines is 1. The highest BCUT2D eigenvalue weighted by molar-refractivity contribution is 6.33. The summed E-state index contributed by atoms with van der Waals surface area (Å²) in [5.41, 5.74) is 7.24. The van der Waals surface area contributed by atoms with Gasteiger partial charge in [-0.1, -0.05) is 30.3 Å². The standard InChI is InChI=1S/C22H15F2N3O2/c23-14-8-13(9-15(24)10-14)21(29)19(20(28)12-4-2-1-3-5-12)22-26-17-7-6-16(25)11-18(17)27-22/h1-11,29H,25H2,(H,26,27). The highest BCUT2D eigenvalue weighted by atomic mass is 19.1. The molecule has 0 unspecified atom stereocenters. The van der Waals surface area contributed by atoms with Gasteiger partial charge >= 0.3 is 0 Å². The number of nitrogens with zero attached hydrogens (tertiary/aromatic N) is 1. The van der Waals surface area contributed by atoms with Crippen LogP contribution in [-0.2, 0) is 0 Å². The second-order valence-corrected chi connectivity index (χ2v) is 6.44. The van der Waals surface area contributed by atoms with Crippen LogP contribution in [0.2, 0.25) is 0 Å². The normalized spacial score (nSPS) is 12.1. The molecule has 0 saturated carbocycles. The van der Waals surface area contributed by atoms with E-state index >= 15 is 0 Å². The van der Waals surface area contributed by atoms with E-state index in [0.717, 1.165) is 12.1 Å². The summed E-state index contributed by atoms with van der Waals surface area (Å²) in [7, 11) is 0. The molecule has 29 heavy (non-hydrogen) atoms. The van der Waals surface area contributed by atoms with E-state index in [9.17, 15) is 18.7 Å². The van der Waals surface area contributed by atoms with E-state index in [4.69, 9.17) is 5.73 Å². The Labute approximate surface area is 164 Å². The van der Waals surface area contributed by atoms with E-state index in [-0.39, 0.29) is 22.5 Å². The molecule has 0 atom stereocenters. The van der Waals surface area contributed by atoms with Gasteiger partial charge in [0.25, 0.3) is 0 Å². The van der Waals surface area contributed by atoms with Gasteiger partial charge in [-0.15, -0.1) is 0 Å². The number of anilines is 1. The number of nitrogens with one attached hydrogen (secondary N) is 1. The summed E-state index contributed by atoms with van der Waals surface area (Å²) >= 11 is 0. The molecule has 0 amide bonds. The van der Waals surface area contributed by atoms with Gasteiger partial charge in [0.2, 0.25) is 5.78 Å². The molecule has 0 aliphatic heterocycles. The second-order valence-electron chi connectivity index (χ2n) is 6.44. The minimum Gasteiger partial charge on any atom is -0.506 e. The number of imidazole rings is 1. The van der Waals surface area contributed by atoms with Crippen LogP contribution in [0.25, 0.3) is 22.4 Å². The maximum absolute atomic E-state index is 13.7. The van der Waals surface area contributed by atoms with Crippen molar-refractivity contribution >= 4 is 33.8 Å². The molecule has 0 bridgehead atoms. The smallest absolute Gasteiger partial charge is 0.200 e. The molecular weight excluding hydrogens is 376 g/mol. The summed E-state index contributed by atoms with van der Waals surface area (Å²) < 4.78 is 27.4. The van der Waals surface area contributed by atoms with E-state index in [1.165, 1.54) is 0 Å². The van der Waals surface area contributed by atoms with Crippen LogP contribution in [-0.4, -0.2) is 20.9 Å². The van der Waals surface area contributed by atoms with Crippen molar-refractivity contribution in [3.05, 3.63) is 95.3 Å². The fourth-order valence-electron chi connectivity index (χ4n) is 3.04. The number of hydrogen-bond donors (Lipinski definition) is 3. The Bertz CT molecular complexity index is 1240. The van der Waals surface area contributed by atoms with E-state index in [1.54, 1.807) is 48.5 Å². The Morgan fingerprint density at radius 3 is 2.31 bits per heavy atom. The Morgan fingerprint density at radius 1 is 0.931 bits per heavy atom. The van der Waals surface area contributed by atoms with Gasteiger partial charge < -0.3 is 15.8 Å². The number of carbonyl (C=O) groups is 1. The molecule has 1 aromatic heterocycles. The number of nitrogen functional groups attached to an aromatic ring is 1. The van der Waals surface area contributed by atoms with Gasteiger partial charge in [0.1, 0.15) is 28.8 Å². The summed E-state index contributed by atoms with van der Waals surface area (Å²) in [6.45, 7) is 0. The second kappa shape index (κ2) is 7.20. The Hall–Kier alpha value is -4.00. The molecule has 0 aliphatic carbocycles. The highest BCUT2D eigenvalue weighted by Crippen LogP contribution is 2.29. The molecule has 5 nitrogen and oxygen atoms in total. The molecule has 0 spiro atoms. The first-order valence-electron chi connectivity index (χ1n) is 8.67. The number of H-pyrrole nitrogens is 1. The third kappa shape index (κ3) is 3.58. The maximum Gasteiger partial charge on any atom is 0.200 e. The molecule has 0 aliphatic rings. The van der Waals surface area contributed by atoms with Crippen LogP contribution in [0.5, 0.6) is 0 Å². The first-order chi connectivity index (χ1) is 13.9. The van der Waals surface area contributed by atoms with Gasteiger partial charge in [-0.05, 0) is 30.3 Å². The zero-order chi connectivity index (χ0) is 20.5. The van der Waals surface area contributed by atoms with Crippen molar-refractivity contribution in [2.45, 2.75) is 0 Å². The number of halogens is 2. The monoisotopic (exact) mass is 391 g/mol. The highest BCUT2D eigenvalue weighted by Gasteiger charge is 2.24. The predicted octanol–water partition coefficient (Wildman–Crippen LogP) is 4.73. The van der Waals surface area contributed by atoms with Crippen molar-refractivity contribution in [3.63, 3.8) is 0 Å². The first-order valence-corrected chi connectivity index (χ1v) is 8.67. The average Bonchev–Trinajstić information content (AvgIpc) is 3.10. The van der Waals surface area contributed by atoms with Gasteiger partial charge in [-0.3, -0.25) is 4.79 Å². The zero-order valence-corrected chi connectivity index (χ0v) is 15.0. The average molecular weight is 391 g/mol. The minimum absolute atomic E-state index is 0.0571. The number of aliphatic hydroxyl groups excluding tert-OH is 1. The lowest BCUT2D eigenvalue weighted by Crippen LogP contribution is -2.07. The summed E-state index contributed by atoms with van der Waals surface area (Å²) in [6, 6.07) is 15.7. The maximum atomic E-state index is 13.7. The first kappa shape index (κ1) is 18.4. The van der Waals surface area contributed by atoms with E-state index in [1.807, 2.05) is 0 Å². The van der Waals surface area contributed by atoms with Crippen LogP contribution < -0.4 is 5.73 Å². The quantitative estimate of drug-likeness (QED) is 0.203. The molecule has 7 heteroatoms. The summed E-state index contributed by atoms with van der Waals surface area (Å²) in [5.74, 6) is -2.85. The molecule has 1 heterocycles. The SMILES string of the molecule is Nc1ccc2nc(C(C(=O)c3ccccc3)=C(O)c3cc(F)cc(F)c3)[nH]c2c1. The van der Waals surface area contributed by atoms with E-state index in [2.05, 4.69) is 9.97 Å². The molecule has 4 N–H and O–H groups in total. The van der Waals surface area contributed by atoms with Gasteiger partial charge in [-0.2, -0.15) is 0 Å². The summed E-state index contributed by atoms with van der Waals surface area (Å²) in [6.07, 6.45) is 0. The number of fused-ring (bicyclic) bond motifs is 1. The topological polar surface area (TPSA) is 92.0 Å². The van der Waals surface area contributed by atoms with Crippen LogP contribution in [0, 0.1) is 11.6 Å². The van der Waals surface area contributed by atoms with E-state index < -0.39 is 23.2 Å². The Balaban J connectivity index is 1.96. The molecular formula is C22H15F2N3O2. The van der Waals surface area contributed by atoms with Crippen molar-refractivity contribution in [2.24, 2.45) is 0 Å². The molecule has 0 saturated heterocycles. The number of aromatic nitrogens is 2. The number of ketones is 1. The van der Waals surface area contributed by atoms with Gasteiger partial charge in [0, 0.05) is 22.9 Å². The molecule has 3 aromatic carbocycles. The number of rotatable bonds is 4. The van der Waals surface area contributed by atoms with Gasteiger partial charge in [0.15, 0.2) is 0 Å². The van der Waals surface area contributed by atoms with Crippen LogP contribution in [0.4, 0.5) is 14.5 Å². The number of aliphatic hydroxyl groups is 1. The summed E-state index contributed by atoms with van der Waals surface area (Å²) in [5, 5.41) is 10.8. The number of nitrogens with two attached hydrogens (primary N) is 1. The van der Waals surface area contributed by atoms with Crippen molar-refractivity contribution in [3.8, 4) is 0 Å². The molecule has 4 rings (SSSR count). The van der Waals surface area contributed by atoms with Gasteiger partial charge in [-0.25, -0.2) is 13.8 Å². The fourth-order valence-corrected chi connectivity index (χ4v) is 3.04. The third-order valence-corrected chi connectivity index (χ3v) is 4.38. The van der Waals surface area contributed by atoms with E-state index in [0.29, 0.717) is 22.8 Å². The van der Waals surface area contributed by atoms with Crippen LogP contribution >= 0.6 is 0 Å². The van der Waals surface area contributed by atoms with Crippen molar-refractivity contribution in [1.29, 1.82) is 0 Å². The number of allylic oxidation sites excluding steroid dienone is 1. The number of benzene rings is 3. The molecule has 4 aromatic rings. The molecule has 144 valence electrons. The third-order valence-electron chi connectivity index (χ3n) is 4.38. The summed E-state index contributed by atoms with van der Waals surface area (Å²) in [4.78, 5) is 20.5. The number of Topliss-reactive ketones (excluding diaryl/α,β-unsaturated/α-hetero) is 1. The van der Waals surface area contributed by atoms with Crippen LogP contribution in [0.3, 0.4) is 0 Å². The predicted molar refractivity (Wildman–Crippen MR) is 107 cm³/mol. The molecule has 0 fully saturated rings. The zero-order valence-electron chi connectivity index (χ0n) is 15.0. The lowest BCUT2D eigenvalue weighted by molar-refractivity contribution is 0.105. The van der Waals surface area contributed by atoms with Crippen LogP contribution in [0.15, 0.2) is 66.7 Å². The fraction of sp³-hybridized carbons (Fsp3) is 0. The Morgan fingerprint density at radius 2 is 1.62 bits per heavy atom. The van der Waals surface area contributed by atoms with Crippen molar-refractivity contribution in [2.75, 3.05) is 5.73 Å². The lowest BCUT2D eigenvalue weighted by atomic mass is 9.98. The lowest BCUT2D eigenvalue weighted by Gasteiger charge is -2.09. The van der Waals surface area contributed by atoms with Crippen molar-refractivity contribution < 1.29 is 18.7 Å². The number of carbonyl (C=O) groups excluding carboxylic acids is 1. The number of hydrogen-bond acceptors (Lipinski definition) is 4. The van der Waals surface area contributed by atoms with Crippen molar-refractivity contribution in [1.82, 2.24) is 9.97 Å². The minimum atomic E-state index is -0.879. The molecule has 0 radical (unpaired) electrons. The Kier molecular flexibility index (Phi) is 4.56. The largest absolute Gasteiger partial charge is 0.506 e.